The van der Waals surface area contributed by atoms with Crippen LogP contribution < -0.4 is 10.1 Å². The quantitative estimate of drug-likeness (QED) is 0.887. The number of hydrogen-bond donors (Lipinski definition) is 1. The molecule has 1 heterocycles. The van der Waals surface area contributed by atoms with E-state index in [-0.39, 0.29) is 24.1 Å². The minimum Gasteiger partial charge on any atom is -0.406 e. The van der Waals surface area contributed by atoms with E-state index >= 15 is 0 Å². The maximum atomic E-state index is 12.1. The van der Waals surface area contributed by atoms with Crippen molar-refractivity contribution in [3.8, 4) is 5.75 Å². The molecule has 2 aromatic rings. The number of nitrogens with zero attached hydrogens (tertiary/aromatic N) is 2. The van der Waals surface area contributed by atoms with Crippen molar-refractivity contribution in [1.82, 2.24) is 15.1 Å². The van der Waals surface area contributed by atoms with E-state index in [4.69, 9.17) is 0 Å². The number of ether oxygens (including phenoxy) is 1. The van der Waals surface area contributed by atoms with E-state index < -0.39 is 6.36 Å². The first-order valence-electron chi connectivity index (χ1n) is 6.93. The Morgan fingerprint density at radius 2 is 2.04 bits per heavy atom. The molecule has 23 heavy (non-hydrogen) atoms. The summed E-state index contributed by atoms with van der Waals surface area (Å²) in [6.45, 7) is 2.39. The van der Waals surface area contributed by atoms with Gasteiger partial charge in [0.1, 0.15) is 5.75 Å². The Bertz CT molecular complexity index is 624. The number of aromatic nitrogens is 2. The summed E-state index contributed by atoms with van der Waals surface area (Å²) < 4.78 is 41.6. The van der Waals surface area contributed by atoms with Crippen LogP contribution >= 0.6 is 0 Å². The SMILES string of the molecule is CC(Cn1cccn1)NC(=O)Cc1ccc(OC(F)(F)F)cc1. The molecule has 1 atom stereocenters. The molecular formula is C15H16F3N3O2. The van der Waals surface area contributed by atoms with E-state index in [1.165, 1.54) is 24.3 Å². The highest BCUT2D eigenvalue weighted by molar-refractivity contribution is 5.78. The largest absolute Gasteiger partial charge is 0.573 e. The van der Waals surface area contributed by atoms with E-state index in [2.05, 4.69) is 15.2 Å². The molecule has 8 heteroatoms. The first-order valence-corrected chi connectivity index (χ1v) is 6.93. The molecule has 0 bridgehead atoms. The zero-order chi connectivity index (χ0) is 16.9. The fourth-order valence-electron chi connectivity index (χ4n) is 2.05. The molecule has 0 aliphatic carbocycles. The third-order valence-electron chi connectivity index (χ3n) is 2.95. The summed E-state index contributed by atoms with van der Waals surface area (Å²) in [6, 6.07) is 6.90. The van der Waals surface area contributed by atoms with Crippen molar-refractivity contribution in [3.05, 3.63) is 48.3 Å². The average Bonchev–Trinajstić information content (AvgIpc) is 2.91. The first-order chi connectivity index (χ1) is 10.8. The molecule has 2 rings (SSSR count). The number of halogens is 3. The molecule has 1 aromatic carbocycles. The first kappa shape index (κ1) is 16.9. The number of benzene rings is 1. The monoisotopic (exact) mass is 327 g/mol. The minimum atomic E-state index is -4.72. The number of carbonyl (C=O) groups is 1. The molecule has 0 fully saturated rings. The van der Waals surface area contributed by atoms with Crippen LogP contribution in [0, 0.1) is 0 Å². The van der Waals surface area contributed by atoms with Crippen LogP contribution in [0.3, 0.4) is 0 Å². The zero-order valence-electron chi connectivity index (χ0n) is 12.4. The predicted octanol–water partition coefficient (Wildman–Crippen LogP) is 2.53. The van der Waals surface area contributed by atoms with E-state index in [1.54, 1.807) is 23.1 Å². The second-order valence-corrected chi connectivity index (χ2v) is 5.07. The standard InChI is InChI=1S/C15H16F3N3O2/c1-11(10-21-8-2-7-19-21)20-14(22)9-12-3-5-13(6-4-12)23-15(16,17)18/h2-8,11H,9-10H2,1H3,(H,20,22). The smallest absolute Gasteiger partial charge is 0.406 e. The second kappa shape index (κ2) is 7.17. The van der Waals surface area contributed by atoms with E-state index in [0.717, 1.165) is 0 Å². The maximum absolute atomic E-state index is 12.1. The topological polar surface area (TPSA) is 56.2 Å². The summed E-state index contributed by atoms with van der Waals surface area (Å²) >= 11 is 0. The van der Waals surface area contributed by atoms with Gasteiger partial charge in [0.25, 0.3) is 0 Å². The molecule has 1 aromatic heterocycles. The van der Waals surface area contributed by atoms with Crippen LogP contribution in [0.1, 0.15) is 12.5 Å². The van der Waals surface area contributed by atoms with Gasteiger partial charge in [-0.25, -0.2) is 0 Å². The minimum absolute atomic E-state index is 0.0791. The molecule has 0 saturated carbocycles. The predicted molar refractivity (Wildman–Crippen MR) is 76.7 cm³/mol. The molecular weight excluding hydrogens is 311 g/mol. The highest BCUT2D eigenvalue weighted by atomic mass is 19.4. The Hall–Kier alpha value is -2.51. The Kier molecular flexibility index (Phi) is 5.25. The Morgan fingerprint density at radius 1 is 1.35 bits per heavy atom. The molecule has 1 amide bonds. The van der Waals surface area contributed by atoms with Crippen LogP contribution in [-0.4, -0.2) is 28.1 Å². The fourth-order valence-corrected chi connectivity index (χ4v) is 2.05. The molecule has 1 N–H and O–H groups in total. The van der Waals surface area contributed by atoms with E-state index in [0.29, 0.717) is 12.1 Å². The van der Waals surface area contributed by atoms with Gasteiger partial charge in [-0.2, -0.15) is 5.10 Å². The lowest BCUT2D eigenvalue weighted by Gasteiger charge is -2.14. The van der Waals surface area contributed by atoms with Crippen LogP contribution in [0.2, 0.25) is 0 Å². The lowest BCUT2D eigenvalue weighted by atomic mass is 10.1. The van der Waals surface area contributed by atoms with Gasteiger partial charge in [-0.15, -0.1) is 13.2 Å². The Balaban J connectivity index is 1.82. The number of alkyl halides is 3. The van der Waals surface area contributed by atoms with Gasteiger partial charge in [-0.3, -0.25) is 9.48 Å². The average molecular weight is 327 g/mol. The van der Waals surface area contributed by atoms with Crippen molar-refractivity contribution < 1.29 is 22.7 Å². The van der Waals surface area contributed by atoms with E-state index in [9.17, 15) is 18.0 Å². The lowest BCUT2D eigenvalue weighted by Crippen LogP contribution is -2.36. The molecule has 0 spiro atoms. The molecule has 5 nitrogen and oxygen atoms in total. The summed E-state index contributed by atoms with van der Waals surface area (Å²) in [4.78, 5) is 11.9. The van der Waals surface area contributed by atoms with Gasteiger partial charge >= 0.3 is 6.36 Å². The summed E-state index contributed by atoms with van der Waals surface area (Å²) in [6.07, 6.45) is -1.20. The maximum Gasteiger partial charge on any atom is 0.573 e. The van der Waals surface area contributed by atoms with Crippen molar-refractivity contribution in [1.29, 1.82) is 0 Å². The highest BCUT2D eigenvalue weighted by Crippen LogP contribution is 2.22. The highest BCUT2D eigenvalue weighted by Gasteiger charge is 2.30. The van der Waals surface area contributed by atoms with Gasteiger partial charge in [0.05, 0.1) is 13.0 Å². The van der Waals surface area contributed by atoms with Crippen molar-refractivity contribution in [3.63, 3.8) is 0 Å². The molecule has 0 aliphatic heterocycles. The van der Waals surface area contributed by atoms with Crippen molar-refractivity contribution in [2.24, 2.45) is 0 Å². The van der Waals surface area contributed by atoms with Gasteiger partial charge in [-0.1, -0.05) is 12.1 Å². The summed E-state index contributed by atoms with van der Waals surface area (Å²) in [7, 11) is 0. The number of amides is 1. The summed E-state index contributed by atoms with van der Waals surface area (Å²) in [5, 5.41) is 6.85. The lowest BCUT2D eigenvalue weighted by molar-refractivity contribution is -0.274. The van der Waals surface area contributed by atoms with Crippen molar-refractivity contribution in [2.45, 2.75) is 32.3 Å². The van der Waals surface area contributed by atoms with Crippen LogP contribution in [-0.2, 0) is 17.8 Å². The second-order valence-electron chi connectivity index (χ2n) is 5.07. The summed E-state index contributed by atoms with van der Waals surface area (Å²) in [5.41, 5.74) is 0.600. The third kappa shape index (κ3) is 6.01. The van der Waals surface area contributed by atoms with Crippen molar-refractivity contribution in [2.75, 3.05) is 0 Å². The number of rotatable bonds is 6. The van der Waals surface area contributed by atoms with Crippen LogP contribution in [0.5, 0.6) is 5.75 Å². The normalized spacial score (nSPS) is 12.7. The Labute approximate surface area is 131 Å². The van der Waals surface area contributed by atoms with Gasteiger partial charge in [0, 0.05) is 18.4 Å². The number of hydrogen-bond acceptors (Lipinski definition) is 3. The van der Waals surface area contributed by atoms with E-state index in [1.807, 2.05) is 6.92 Å². The third-order valence-corrected chi connectivity index (χ3v) is 2.95. The molecule has 0 aliphatic rings. The van der Waals surface area contributed by atoms with Gasteiger partial charge < -0.3 is 10.1 Å². The molecule has 0 radical (unpaired) electrons. The molecule has 0 saturated heterocycles. The fraction of sp³-hybridized carbons (Fsp3) is 0.333. The molecule has 124 valence electrons. The van der Waals surface area contributed by atoms with Gasteiger partial charge in [-0.05, 0) is 30.7 Å². The summed E-state index contributed by atoms with van der Waals surface area (Å²) in [5.74, 6) is -0.525. The van der Waals surface area contributed by atoms with Crippen molar-refractivity contribution >= 4 is 5.91 Å². The number of carbonyl (C=O) groups excluding carboxylic acids is 1. The zero-order valence-corrected chi connectivity index (χ0v) is 12.4. The van der Waals surface area contributed by atoms with Crippen LogP contribution in [0.15, 0.2) is 42.7 Å². The Morgan fingerprint density at radius 3 is 2.61 bits per heavy atom. The van der Waals surface area contributed by atoms with Crippen LogP contribution in [0.4, 0.5) is 13.2 Å². The van der Waals surface area contributed by atoms with Gasteiger partial charge in [0.2, 0.25) is 5.91 Å². The number of nitrogens with one attached hydrogen (secondary N) is 1. The van der Waals surface area contributed by atoms with Crippen LogP contribution in [0.25, 0.3) is 0 Å². The molecule has 1 unspecified atom stereocenters. The van der Waals surface area contributed by atoms with Gasteiger partial charge in [0.15, 0.2) is 0 Å².